The van der Waals surface area contributed by atoms with Crippen LogP contribution >= 0.6 is 15.9 Å². The summed E-state index contributed by atoms with van der Waals surface area (Å²) < 4.78 is 24.7. The van der Waals surface area contributed by atoms with E-state index in [2.05, 4.69) is 26.2 Å². The number of amides is 1. The Hall–Kier alpha value is -2.84. The maximum Gasteiger partial charge on any atom is 0.228 e. The summed E-state index contributed by atoms with van der Waals surface area (Å²) >= 11 is 3.44. The van der Waals surface area contributed by atoms with Crippen LogP contribution in [0.15, 0.2) is 76.2 Å². The SMILES string of the molecule is CCS(=O)(=O)c1ccc(CC(=O)Nc2ccc(C(=O)C(C)(C)c3cccc(Br)c3)nc2)cc1. The number of aromatic nitrogens is 1. The molecule has 2 aromatic carbocycles. The molecule has 0 atom stereocenters. The molecule has 0 unspecified atom stereocenters. The highest BCUT2D eigenvalue weighted by molar-refractivity contribution is 9.10. The van der Waals surface area contributed by atoms with E-state index in [1.807, 2.05) is 38.1 Å². The predicted octanol–water partition coefficient (Wildman–Crippen LogP) is 4.98. The third-order valence-electron chi connectivity index (χ3n) is 5.42. The number of nitrogens with zero attached hydrogens (tertiary/aromatic N) is 1. The van der Waals surface area contributed by atoms with Gasteiger partial charge in [-0.1, -0.05) is 47.1 Å². The maximum absolute atomic E-state index is 13.1. The van der Waals surface area contributed by atoms with Crippen molar-refractivity contribution in [1.82, 2.24) is 4.98 Å². The van der Waals surface area contributed by atoms with Crippen LogP contribution in [0.25, 0.3) is 0 Å². The Morgan fingerprint density at radius 3 is 2.30 bits per heavy atom. The number of anilines is 1. The first-order valence-corrected chi connectivity index (χ1v) is 12.9. The zero-order chi connectivity index (χ0) is 24.2. The fourth-order valence-corrected chi connectivity index (χ4v) is 4.59. The van der Waals surface area contributed by atoms with Gasteiger partial charge in [-0.25, -0.2) is 8.42 Å². The fourth-order valence-electron chi connectivity index (χ4n) is 3.30. The molecule has 0 spiro atoms. The summed E-state index contributed by atoms with van der Waals surface area (Å²) in [6.45, 7) is 5.29. The number of pyridine rings is 1. The highest BCUT2D eigenvalue weighted by Crippen LogP contribution is 2.29. The van der Waals surface area contributed by atoms with Crippen LogP contribution in [-0.2, 0) is 26.5 Å². The third-order valence-corrected chi connectivity index (χ3v) is 7.66. The van der Waals surface area contributed by atoms with E-state index in [1.165, 1.54) is 18.3 Å². The lowest BCUT2D eigenvalue weighted by Crippen LogP contribution is -2.30. The Bertz CT molecular complexity index is 1270. The van der Waals surface area contributed by atoms with E-state index in [4.69, 9.17) is 0 Å². The largest absolute Gasteiger partial charge is 0.324 e. The number of halogens is 1. The van der Waals surface area contributed by atoms with Gasteiger partial charge in [-0.3, -0.25) is 14.6 Å². The molecule has 1 N–H and O–H groups in total. The van der Waals surface area contributed by atoms with E-state index >= 15 is 0 Å². The van der Waals surface area contributed by atoms with Crippen molar-refractivity contribution in [3.63, 3.8) is 0 Å². The van der Waals surface area contributed by atoms with Crippen LogP contribution in [0, 0.1) is 0 Å². The second-order valence-electron chi connectivity index (χ2n) is 8.17. The van der Waals surface area contributed by atoms with Gasteiger partial charge in [-0.15, -0.1) is 0 Å². The molecule has 1 aromatic heterocycles. The summed E-state index contributed by atoms with van der Waals surface area (Å²) in [5.41, 5.74) is 1.59. The van der Waals surface area contributed by atoms with Gasteiger partial charge < -0.3 is 5.32 Å². The summed E-state index contributed by atoms with van der Waals surface area (Å²) in [6, 6.07) is 17.1. The van der Waals surface area contributed by atoms with Crippen LogP contribution in [0.3, 0.4) is 0 Å². The van der Waals surface area contributed by atoms with Crippen molar-refractivity contribution in [3.8, 4) is 0 Å². The minimum absolute atomic E-state index is 0.0262. The van der Waals surface area contributed by atoms with Crippen LogP contribution in [0.5, 0.6) is 0 Å². The average Bonchev–Trinajstić information content (AvgIpc) is 2.79. The number of carbonyl (C=O) groups is 2. The molecule has 6 nitrogen and oxygen atoms in total. The van der Waals surface area contributed by atoms with Gasteiger partial charge in [0.2, 0.25) is 5.91 Å². The summed E-state index contributed by atoms with van der Waals surface area (Å²) in [7, 11) is -3.27. The fraction of sp³-hybridized carbons (Fsp3) is 0.240. The van der Waals surface area contributed by atoms with Crippen LogP contribution in [0.4, 0.5) is 5.69 Å². The Morgan fingerprint density at radius 1 is 1.03 bits per heavy atom. The van der Waals surface area contributed by atoms with Crippen LogP contribution in [-0.4, -0.2) is 30.8 Å². The van der Waals surface area contributed by atoms with E-state index in [0.29, 0.717) is 16.9 Å². The summed E-state index contributed by atoms with van der Waals surface area (Å²) in [4.78, 5) is 29.9. The summed E-state index contributed by atoms with van der Waals surface area (Å²) in [5, 5.41) is 2.75. The third kappa shape index (κ3) is 5.94. The lowest BCUT2D eigenvalue weighted by Gasteiger charge is -2.23. The van der Waals surface area contributed by atoms with Gasteiger partial charge in [-0.05, 0) is 61.4 Å². The smallest absolute Gasteiger partial charge is 0.228 e. The molecule has 33 heavy (non-hydrogen) atoms. The van der Waals surface area contributed by atoms with Crippen molar-refractivity contribution in [2.75, 3.05) is 11.1 Å². The van der Waals surface area contributed by atoms with Gasteiger partial charge in [0.25, 0.3) is 0 Å². The molecule has 0 aliphatic rings. The van der Waals surface area contributed by atoms with Crippen molar-refractivity contribution in [2.24, 2.45) is 0 Å². The Balaban J connectivity index is 1.65. The van der Waals surface area contributed by atoms with Crippen molar-refractivity contribution in [2.45, 2.75) is 37.5 Å². The van der Waals surface area contributed by atoms with E-state index in [1.54, 1.807) is 31.2 Å². The van der Waals surface area contributed by atoms with E-state index in [0.717, 1.165) is 10.0 Å². The van der Waals surface area contributed by atoms with Crippen LogP contribution in [0.2, 0.25) is 0 Å². The minimum Gasteiger partial charge on any atom is -0.324 e. The van der Waals surface area contributed by atoms with Gasteiger partial charge in [0.05, 0.1) is 34.4 Å². The van der Waals surface area contributed by atoms with Gasteiger partial charge in [0.1, 0.15) is 5.69 Å². The van der Waals surface area contributed by atoms with Crippen LogP contribution < -0.4 is 5.32 Å². The Labute approximate surface area is 202 Å². The van der Waals surface area contributed by atoms with Crippen molar-refractivity contribution in [3.05, 3.63) is 88.2 Å². The first-order chi connectivity index (χ1) is 15.5. The number of rotatable bonds is 8. The number of hydrogen-bond donors (Lipinski definition) is 1. The number of nitrogens with one attached hydrogen (secondary N) is 1. The molecule has 0 bridgehead atoms. The van der Waals surface area contributed by atoms with Gasteiger partial charge in [0, 0.05) is 4.47 Å². The molecule has 0 saturated carbocycles. The van der Waals surface area contributed by atoms with Crippen molar-refractivity contribution >= 4 is 43.1 Å². The normalized spacial score (nSPS) is 11.8. The second-order valence-corrected chi connectivity index (χ2v) is 11.4. The number of sulfone groups is 1. The van der Waals surface area contributed by atoms with E-state index in [-0.39, 0.29) is 28.8 Å². The molecule has 172 valence electrons. The molecular formula is C25H25BrN2O4S. The summed E-state index contributed by atoms with van der Waals surface area (Å²) in [6.07, 6.45) is 1.54. The maximum atomic E-state index is 13.1. The van der Waals surface area contributed by atoms with E-state index < -0.39 is 15.3 Å². The molecule has 0 fully saturated rings. The average molecular weight is 529 g/mol. The minimum atomic E-state index is -3.27. The zero-order valence-corrected chi connectivity index (χ0v) is 21.0. The van der Waals surface area contributed by atoms with Crippen LogP contribution in [0.1, 0.15) is 42.4 Å². The molecule has 0 aliphatic carbocycles. The van der Waals surface area contributed by atoms with E-state index in [9.17, 15) is 18.0 Å². The number of hydrogen-bond acceptors (Lipinski definition) is 5. The van der Waals surface area contributed by atoms with Gasteiger partial charge in [-0.2, -0.15) is 0 Å². The predicted molar refractivity (Wildman–Crippen MR) is 132 cm³/mol. The lowest BCUT2D eigenvalue weighted by molar-refractivity contribution is -0.115. The first-order valence-electron chi connectivity index (χ1n) is 10.4. The highest BCUT2D eigenvalue weighted by atomic mass is 79.9. The van der Waals surface area contributed by atoms with Gasteiger partial charge in [0.15, 0.2) is 15.6 Å². The molecule has 1 amide bonds. The number of Topliss-reactive ketones (excluding diaryl/α,β-unsaturated/α-hetero) is 1. The molecule has 0 radical (unpaired) electrons. The quantitative estimate of drug-likeness (QED) is 0.416. The monoisotopic (exact) mass is 528 g/mol. The van der Waals surface area contributed by atoms with Crippen molar-refractivity contribution < 1.29 is 18.0 Å². The molecule has 3 aromatic rings. The Kier molecular flexibility index (Phi) is 7.49. The molecule has 1 heterocycles. The second kappa shape index (κ2) is 9.97. The lowest BCUT2D eigenvalue weighted by atomic mass is 9.79. The first kappa shape index (κ1) is 24.8. The highest BCUT2D eigenvalue weighted by Gasteiger charge is 2.31. The number of carbonyl (C=O) groups excluding carboxylic acids is 2. The Morgan fingerprint density at radius 2 is 1.73 bits per heavy atom. The van der Waals surface area contributed by atoms with Gasteiger partial charge >= 0.3 is 0 Å². The topological polar surface area (TPSA) is 93.2 Å². The molecule has 0 aliphatic heterocycles. The van der Waals surface area contributed by atoms with Crippen molar-refractivity contribution in [1.29, 1.82) is 0 Å². The molecule has 3 rings (SSSR count). The summed E-state index contributed by atoms with van der Waals surface area (Å²) in [5.74, 6) is -0.365. The number of ketones is 1. The molecule has 0 saturated heterocycles. The molecular weight excluding hydrogens is 504 g/mol. The molecule has 8 heteroatoms. The zero-order valence-electron chi connectivity index (χ0n) is 18.6. The standard InChI is InChI=1S/C25H25BrN2O4S/c1-4-33(31,32)21-11-8-17(9-12-21)14-23(29)28-20-10-13-22(27-16-20)24(30)25(2,3)18-6-5-7-19(26)15-18/h5-13,15-16H,4,14H2,1-3H3,(H,28,29). The number of benzene rings is 2.